The van der Waals surface area contributed by atoms with Crippen molar-refractivity contribution in [3.8, 4) is 0 Å². The van der Waals surface area contributed by atoms with Gasteiger partial charge in [-0.25, -0.2) is 4.98 Å². The third kappa shape index (κ3) is 2.25. The molecule has 1 fully saturated rings. The molecule has 0 aromatic carbocycles. The van der Waals surface area contributed by atoms with Crippen molar-refractivity contribution in [1.29, 1.82) is 0 Å². The molecule has 1 aliphatic rings. The first-order valence-corrected chi connectivity index (χ1v) is 5.56. The van der Waals surface area contributed by atoms with Gasteiger partial charge in [-0.1, -0.05) is 0 Å². The van der Waals surface area contributed by atoms with Crippen molar-refractivity contribution in [2.45, 2.75) is 38.1 Å². The zero-order chi connectivity index (χ0) is 9.26. The number of rotatable bonds is 4. The van der Waals surface area contributed by atoms with Crippen LogP contribution in [0.4, 0.5) is 0 Å². The van der Waals surface area contributed by atoms with Crippen LogP contribution in [0.15, 0.2) is 0 Å². The standard InChI is InChI=1S/C9H15N3S/c1-6(10-2)5-8-11-9(12-13-8)7-3-4-7/h6-7,10H,3-5H2,1-2H3. The summed E-state index contributed by atoms with van der Waals surface area (Å²) in [5.41, 5.74) is 0. The zero-order valence-corrected chi connectivity index (χ0v) is 8.90. The Bertz CT molecular complexity index is 280. The molecule has 1 N–H and O–H groups in total. The van der Waals surface area contributed by atoms with Crippen LogP contribution in [0, 0.1) is 0 Å². The van der Waals surface area contributed by atoms with Gasteiger partial charge in [0.05, 0.1) is 0 Å². The Morgan fingerprint density at radius 1 is 1.62 bits per heavy atom. The van der Waals surface area contributed by atoms with E-state index in [1.165, 1.54) is 17.8 Å². The van der Waals surface area contributed by atoms with Gasteiger partial charge in [0.25, 0.3) is 0 Å². The third-order valence-electron chi connectivity index (χ3n) is 2.40. The van der Waals surface area contributed by atoms with Crippen LogP contribution >= 0.6 is 11.5 Å². The number of likely N-dealkylation sites (N-methyl/N-ethyl adjacent to an activating group) is 1. The summed E-state index contributed by atoms with van der Waals surface area (Å²) in [4.78, 5) is 4.53. The summed E-state index contributed by atoms with van der Waals surface area (Å²) in [6, 6.07) is 0.500. The van der Waals surface area contributed by atoms with Crippen LogP contribution in [0.2, 0.25) is 0 Å². The molecule has 1 atom stereocenters. The summed E-state index contributed by atoms with van der Waals surface area (Å²) in [5.74, 6) is 1.78. The van der Waals surface area contributed by atoms with Crippen molar-refractivity contribution >= 4 is 11.5 Å². The van der Waals surface area contributed by atoms with E-state index in [1.807, 2.05) is 7.05 Å². The second kappa shape index (κ2) is 3.72. The highest BCUT2D eigenvalue weighted by Gasteiger charge is 2.27. The van der Waals surface area contributed by atoms with Gasteiger partial charge < -0.3 is 5.32 Å². The number of nitrogens with one attached hydrogen (secondary N) is 1. The van der Waals surface area contributed by atoms with Crippen molar-refractivity contribution in [3.63, 3.8) is 0 Å². The molecular formula is C9H15N3S. The SMILES string of the molecule is CNC(C)Cc1nc(C2CC2)ns1. The third-order valence-corrected chi connectivity index (χ3v) is 3.15. The Kier molecular flexibility index (Phi) is 2.60. The fourth-order valence-corrected chi connectivity index (χ4v) is 2.07. The minimum absolute atomic E-state index is 0.500. The van der Waals surface area contributed by atoms with E-state index < -0.39 is 0 Å². The fraction of sp³-hybridized carbons (Fsp3) is 0.778. The van der Waals surface area contributed by atoms with Gasteiger partial charge >= 0.3 is 0 Å². The predicted octanol–water partition coefficient (Wildman–Crippen LogP) is 1.57. The lowest BCUT2D eigenvalue weighted by atomic mass is 10.2. The van der Waals surface area contributed by atoms with Gasteiger partial charge in [-0.3, -0.25) is 0 Å². The Balaban J connectivity index is 1.96. The van der Waals surface area contributed by atoms with Crippen molar-refractivity contribution in [3.05, 3.63) is 10.8 Å². The topological polar surface area (TPSA) is 37.8 Å². The molecule has 1 unspecified atom stereocenters. The lowest BCUT2D eigenvalue weighted by Crippen LogP contribution is -2.23. The first-order valence-electron chi connectivity index (χ1n) is 4.79. The second-order valence-corrected chi connectivity index (χ2v) is 4.55. The highest BCUT2D eigenvalue weighted by Crippen LogP contribution is 2.38. The van der Waals surface area contributed by atoms with Gasteiger partial charge in [-0.2, -0.15) is 4.37 Å². The number of nitrogens with zero attached hydrogens (tertiary/aromatic N) is 2. The number of hydrogen-bond acceptors (Lipinski definition) is 4. The minimum Gasteiger partial charge on any atom is -0.317 e. The summed E-state index contributed by atoms with van der Waals surface area (Å²) in [5, 5.41) is 4.38. The molecular weight excluding hydrogens is 182 g/mol. The van der Waals surface area contributed by atoms with Crippen LogP contribution in [0.1, 0.15) is 36.5 Å². The maximum Gasteiger partial charge on any atom is 0.145 e. The largest absolute Gasteiger partial charge is 0.317 e. The Morgan fingerprint density at radius 2 is 2.38 bits per heavy atom. The molecule has 2 rings (SSSR count). The van der Waals surface area contributed by atoms with Gasteiger partial charge in [0.15, 0.2) is 0 Å². The summed E-state index contributed by atoms with van der Waals surface area (Å²) in [6.07, 6.45) is 3.58. The van der Waals surface area contributed by atoms with Crippen molar-refractivity contribution < 1.29 is 0 Å². The Hall–Kier alpha value is -0.480. The number of aromatic nitrogens is 2. The fourth-order valence-electron chi connectivity index (χ4n) is 1.22. The smallest absolute Gasteiger partial charge is 0.145 e. The lowest BCUT2D eigenvalue weighted by molar-refractivity contribution is 0.606. The van der Waals surface area contributed by atoms with E-state index in [-0.39, 0.29) is 0 Å². The Morgan fingerprint density at radius 3 is 3.00 bits per heavy atom. The number of hydrogen-bond donors (Lipinski definition) is 1. The first-order chi connectivity index (χ1) is 6.29. The maximum absolute atomic E-state index is 4.53. The molecule has 72 valence electrons. The first kappa shape index (κ1) is 9.09. The molecule has 1 aromatic heterocycles. The monoisotopic (exact) mass is 197 g/mol. The van der Waals surface area contributed by atoms with Crippen LogP contribution in [0.25, 0.3) is 0 Å². The molecule has 0 radical (unpaired) electrons. The second-order valence-electron chi connectivity index (χ2n) is 3.71. The van der Waals surface area contributed by atoms with Gasteiger partial charge in [0.1, 0.15) is 10.8 Å². The van der Waals surface area contributed by atoms with Crippen molar-refractivity contribution in [2.24, 2.45) is 0 Å². The van der Waals surface area contributed by atoms with Crippen LogP contribution in [-0.4, -0.2) is 22.4 Å². The van der Waals surface area contributed by atoms with E-state index >= 15 is 0 Å². The molecule has 1 heterocycles. The normalized spacial score (nSPS) is 18.9. The predicted molar refractivity (Wildman–Crippen MR) is 54.1 cm³/mol. The Labute approximate surface area is 82.8 Å². The molecule has 4 heteroatoms. The highest BCUT2D eigenvalue weighted by molar-refractivity contribution is 7.05. The molecule has 0 spiro atoms. The van der Waals surface area contributed by atoms with Crippen molar-refractivity contribution in [1.82, 2.24) is 14.7 Å². The van der Waals surface area contributed by atoms with E-state index in [4.69, 9.17) is 0 Å². The van der Waals surface area contributed by atoms with E-state index in [0.29, 0.717) is 12.0 Å². The van der Waals surface area contributed by atoms with Crippen LogP contribution in [0.5, 0.6) is 0 Å². The molecule has 1 aliphatic carbocycles. The lowest BCUT2D eigenvalue weighted by Gasteiger charge is -2.05. The van der Waals surface area contributed by atoms with Gasteiger partial charge in [0.2, 0.25) is 0 Å². The summed E-state index contributed by atoms with van der Waals surface area (Å²) < 4.78 is 4.37. The zero-order valence-electron chi connectivity index (χ0n) is 8.08. The van der Waals surface area contributed by atoms with Gasteiger partial charge in [-0.05, 0) is 38.3 Å². The van der Waals surface area contributed by atoms with Gasteiger partial charge in [0, 0.05) is 18.4 Å². The summed E-state index contributed by atoms with van der Waals surface area (Å²) in [6.45, 7) is 2.16. The minimum atomic E-state index is 0.500. The summed E-state index contributed by atoms with van der Waals surface area (Å²) >= 11 is 1.56. The van der Waals surface area contributed by atoms with E-state index in [9.17, 15) is 0 Å². The molecule has 1 saturated carbocycles. The quantitative estimate of drug-likeness (QED) is 0.796. The molecule has 13 heavy (non-hydrogen) atoms. The van der Waals surface area contributed by atoms with E-state index in [1.54, 1.807) is 11.5 Å². The highest BCUT2D eigenvalue weighted by atomic mass is 32.1. The molecule has 0 aliphatic heterocycles. The van der Waals surface area contributed by atoms with E-state index in [2.05, 4.69) is 21.6 Å². The molecule has 0 saturated heterocycles. The molecule has 3 nitrogen and oxygen atoms in total. The van der Waals surface area contributed by atoms with Crippen molar-refractivity contribution in [2.75, 3.05) is 7.05 Å². The average molecular weight is 197 g/mol. The van der Waals surface area contributed by atoms with E-state index in [0.717, 1.165) is 12.2 Å². The van der Waals surface area contributed by atoms with Crippen LogP contribution in [0.3, 0.4) is 0 Å². The molecule has 0 amide bonds. The average Bonchev–Trinajstić information content (AvgIpc) is 2.88. The van der Waals surface area contributed by atoms with Crippen LogP contribution in [-0.2, 0) is 6.42 Å². The maximum atomic E-state index is 4.53. The molecule has 1 aromatic rings. The van der Waals surface area contributed by atoms with Gasteiger partial charge in [-0.15, -0.1) is 0 Å². The van der Waals surface area contributed by atoms with Crippen LogP contribution < -0.4 is 5.32 Å². The molecule has 0 bridgehead atoms. The summed E-state index contributed by atoms with van der Waals surface area (Å²) in [7, 11) is 1.98.